The Hall–Kier alpha value is -6.02. The molecule has 9 aromatic carbocycles. The Labute approximate surface area is 325 Å². The Morgan fingerprint density at radius 1 is 0.345 bits per heavy atom. The highest BCUT2D eigenvalue weighted by Gasteiger charge is 2.39. The van der Waals surface area contributed by atoms with Crippen LogP contribution in [0.1, 0.15) is 49.9 Å². The van der Waals surface area contributed by atoms with Crippen LogP contribution in [0.4, 0.5) is 0 Å². The lowest BCUT2D eigenvalue weighted by Crippen LogP contribution is -2.15. The average molecular weight is 719 g/mol. The molecular formula is C54H38S. The zero-order valence-electron chi connectivity index (χ0n) is 31.4. The molecule has 0 spiro atoms. The minimum atomic E-state index is -0.139. The van der Waals surface area contributed by atoms with E-state index in [1.165, 1.54) is 119 Å². The summed E-state index contributed by atoms with van der Waals surface area (Å²) in [5.74, 6) is 0. The fraction of sp³-hybridized carbons (Fsp3) is 0.111. The van der Waals surface area contributed by atoms with E-state index in [0.717, 1.165) is 0 Å². The lowest BCUT2D eigenvalue weighted by molar-refractivity contribution is 0.660. The molecule has 1 heterocycles. The summed E-state index contributed by atoms with van der Waals surface area (Å²) in [4.78, 5) is 0. The average Bonchev–Trinajstić information content (AvgIpc) is 3.80. The molecule has 2 aliphatic carbocycles. The van der Waals surface area contributed by atoms with Crippen molar-refractivity contribution in [2.24, 2.45) is 0 Å². The minimum Gasteiger partial charge on any atom is -0.134 e. The fourth-order valence-corrected chi connectivity index (χ4v) is 12.0. The quantitative estimate of drug-likeness (QED) is 0.156. The number of fused-ring (bicyclic) bond motifs is 14. The highest BCUT2D eigenvalue weighted by Crippen LogP contribution is 2.58. The van der Waals surface area contributed by atoms with E-state index in [2.05, 4.69) is 185 Å². The van der Waals surface area contributed by atoms with Crippen molar-refractivity contribution in [3.8, 4) is 44.5 Å². The first kappa shape index (κ1) is 31.3. The first-order chi connectivity index (χ1) is 26.8. The standard InChI is InChI=1S/C54H38S/c1-53(2)43-23-13-11-17-34(43)35-27-26-32(29-45(35)53)47-36-18-7-9-20-38(36)48(39-21-10-8-19-37(39)47)42-30-46-49(40-22-12-14-24-44(40)54(46,3)4)50-41-28-25-31-15-5-6-16-33(31)51(41)55-52(42)50/h5-30H,1-4H3. The lowest BCUT2D eigenvalue weighted by Gasteiger charge is -2.24. The van der Waals surface area contributed by atoms with Crippen LogP contribution in [-0.4, -0.2) is 0 Å². The van der Waals surface area contributed by atoms with Crippen LogP contribution < -0.4 is 0 Å². The Bertz CT molecular complexity index is 3260. The monoisotopic (exact) mass is 718 g/mol. The maximum atomic E-state index is 2.58. The van der Waals surface area contributed by atoms with E-state index in [1.807, 2.05) is 11.3 Å². The summed E-state index contributed by atoms with van der Waals surface area (Å²) < 4.78 is 2.75. The third-order valence-corrected chi connectivity index (χ3v) is 14.5. The third kappa shape index (κ3) is 4.01. The van der Waals surface area contributed by atoms with Crippen LogP contribution in [0, 0.1) is 0 Å². The predicted octanol–water partition coefficient (Wildman–Crippen LogP) is 15.5. The first-order valence-electron chi connectivity index (χ1n) is 19.5. The molecule has 0 saturated heterocycles. The normalized spacial score (nSPS) is 14.8. The van der Waals surface area contributed by atoms with Crippen LogP contribution in [0.3, 0.4) is 0 Å². The highest BCUT2D eigenvalue weighted by atomic mass is 32.1. The summed E-state index contributed by atoms with van der Waals surface area (Å²) in [6.07, 6.45) is 0. The zero-order chi connectivity index (χ0) is 36.8. The molecular weight excluding hydrogens is 681 g/mol. The van der Waals surface area contributed by atoms with Gasteiger partial charge in [0.15, 0.2) is 0 Å². The van der Waals surface area contributed by atoms with Crippen LogP contribution >= 0.6 is 11.3 Å². The van der Waals surface area contributed by atoms with Gasteiger partial charge in [-0.3, -0.25) is 0 Å². The smallest absolute Gasteiger partial charge is 0.0440 e. The van der Waals surface area contributed by atoms with Crippen molar-refractivity contribution in [3.63, 3.8) is 0 Å². The highest BCUT2D eigenvalue weighted by molar-refractivity contribution is 7.27. The van der Waals surface area contributed by atoms with Crippen LogP contribution in [0.15, 0.2) is 158 Å². The van der Waals surface area contributed by atoms with Gasteiger partial charge in [-0.25, -0.2) is 0 Å². The summed E-state index contributed by atoms with van der Waals surface area (Å²) in [7, 11) is 0. The molecule has 10 aromatic rings. The van der Waals surface area contributed by atoms with Gasteiger partial charge in [-0.15, -0.1) is 11.3 Å². The first-order valence-corrected chi connectivity index (χ1v) is 20.3. The van der Waals surface area contributed by atoms with Gasteiger partial charge in [0.25, 0.3) is 0 Å². The van der Waals surface area contributed by atoms with E-state index < -0.39 is 0 Å². The van der Waals surface area contributed by atoms with Crippen LogP contribution in [-0.2, 0) is 10.8 Å². The number of hydrogen-bond acceptors (Lipinski definition) is 1. The maximum Gasteiger partial charge on any atom is 0.0440 e. The molecule has 0 N–H and O–H groups in total. The molecule has 260 valence electrons. The lowest BCUT2D eigenvalue weighted by atomic mass is 9.79. The third-order valence-electron chi connectivity index (χ3n) is 13.2. The fourth-order valence-electron chi connectivity index (χ4n) is 10.6. The molecule has 1 aromatic heterocycles. The minimum absolute atomic E-state index is 0.0702. The van der Waals surface area contributed by atoms with Gasteiger partial charge in [0.1, 0.15) is 0 Å². The second-order valence-electron chi connectivity index (χ2n) is 16.8. The summed E-state index contributed by atoms with van der Waals surface area (Å²) in [5, 5.41) is 10.6. The van der Waals surface area contributed by atoms with E-state index in [1.54, 1.807) is 0 Å². The summed E-state index contributed by atoms with van der Waals surface area (Å²) >= 11 is 1.98. The molecule has 0 atom stereocenters. The molecule has 0 radical (unpaired) electrons. The van der Waals surface area contributed by atoms with E-state index in [4.69, 9.17) is 0 Å². The zero-order valence-corrected chi connectivity index (χ0v) is 32.2. The number of hydrogen-bond donors (Lipinski definition) is 0. The molecule has 0 unspecified atom stereocenters. The molecule has 2 aliphatic rings. The summed E-state index contributed by atoms with van der Waals surface area (Å²) in [6.45, 7) is 9.61. The van der Waals surface area contributed by atoms with Crippen molar-refractivity contribution in [1.82, 2.24) is 0 Å². The Balaban J connectivity index is 1.22. The van der Waals surface area contributed by atoms with Crippen molar-refractivity contribution in [2.45, 2.75) is 38.5 Å². The van der Waals surface area contributed by atoms with Gasteiger partial charge >= 0.3 is 0 Å². The molecule has 55 heavy (non-hydrogen) atoms. The van der Waals surface area contributed by atoms with Crippen molar-refractivity contribution >= 4 is 63.8 Å². The van der Waals surface area contributed by atoms with E-state index >= 15 is 0 Å². The number of thiophene rings is 1. The van der Waals surface area contributed by atoms with E-state index in [-0.39, 0.29) is 10.8 Å². The van der Waals surface area contributed by atoms with Gasteiger partial charge < -0.3 is 0 Å². The molecule has 0 aliphatic heterocycles. The number of rotatable bonds is 2. The van der Waals surface area contributed by atoms with Gasteiger partial charge in [-0.2, -0.15) is 0 Å². The predicted molar refractivity (Wildman–Crippen MR) is 238 cm³/mol. The SMILES string of the molecule is CC1(C)c2ccccc2-c2ccc(-c3c4ccccc4c(-c4cc5c(c6c4sc4c7ccccc7ccc46)-c4ccccc4C5(C)C)c4ccccc34)cc21. The number of benzene rings is 9. The topological polar surface area (TPSA) is 0 Å². The van der Waals surface area contributed by atoms with Crippen molar-refractivity contribution in [1.29, 1.82) is 0 Å². The molecule has 0 saturated carbocycles. The van der Waals surface area contributed by atoms with Crippen LogP contribution in [0.2, 0.25) is 0 Å². The van der Waals surface area contributed by atoms with Crippen molar-refractivity contribution in [2.75, 3.05) is 0 Å². The largest absolute Gasteiger partial charge is 0.134 e. The molecule has 1 heteroatoms. The molecule has 0 nitrogen and oxygen atoms in total. The Morgan fingerprint density at radius 3 is 1.60 bits per heavy atom. The Morgan fingerprint density at radius 2 is 0.891 bits per heavy atom. The Kier molecular flexibility index (Phi) is 6.16. The molecule has 12 rings (SSSR count). The van der Waals surface area contributed by atoms with Gasteiger partial charge in [0.05, 0.1) is 0 Å². The van der Waals surface area contributed by atoms with Crippen LogP contribution in [0.25, 0.3) is 97.0 Å². The van der Waals surface area contributed by atoms with Gasteiger partial charge in [-0.05, 0) is 106 Å². The van der Waals surface area contributed by atoms with Gasteiger partial charge in [-0.1, -0.05) is 173 Å². The second kappa shape index (κ2) is 10.8. The second-order valence-corrected chi connectivity index (χ2v) is 17.8. The molecule has 0 bridgehead atoms. The van der Waals surface area contributed by atoms with Crippen molar-refractivity contribution in [3.05, 3.63) is 180 Å². The van der Waals surface area contributed by atoms with Gasteiger partial charge in [0, 0.05) is 36.6 Å². The summed E-state index contributed by atoms with van der Waals surface area (Å²) in [5.41, 5.74) is 16.2. The van der Waals surface area contributed by atoms with E-state index in [9.17, 15) is 0 Å². The summed E-state index contributed by atoms with van der Waals surface area (Å²) in [6, 6.07) is 59.9. The van der Waals surface area contributed by atoms with E-state index in [0.29, 0.717) is 0 Å². The molecule has 0 amide bonds. The molecule has 0 fully saturated rings. The van der Waals surface area contributed by atoms with Crippen molar-refractivity contribution < 1.29 is 0 Å². The van der Waals surface area contributed by atoms with Gasteiger partial charge in [0.2, 0.25) is 0 Å². The van der Waals surface area contributed by atoms with Crippen LogP contribution in [0.5, 0.6) is 0 Å². The maximum absolute atomic E-state index is 2.58.